The Balaban J connectivity index is 1.82. The fraction of sp³-hybridized carbons (Fsp3) is 0.190. The van der Waals surface area contributed by atoms with Crippen LogP contribution in [0.4, 0.5) is 16.2 Å². The van der Waals surface area contributed by atoms with Gasteiger partial charge in [0, 0.05) is 19.2 Å². The van der Waals surface area contributed by atoms with Gasteiger partial charge in [0.2, 0.25) is 5.95 Å². The fourth-order valence-electron chi connectivity index (χ4n) is 3.09. The minimum absolute atomic E-state index is 0.315. The molecular weight excluding hydrogens is 371 g/mol. The summed E-state index contributed by atoms with van der Waals surface area (Å²) in [6.07, 6.45) is 0. The lowest BCUT2D eigenvalue weighted by Gasteiger charge is -2.08. The number of benzene rings is 2. The molecule has 0 aliphatic carbocycles. The van der Waals surface area contributed by atoms with Crippen LogP contribution in [-0.4, -0.2) is 40.0 Å². The summed E-state index contributed by atoms with van der Waals surface area (Å²) in [7, 11) is 1.63. The maximum absolute atomic E-state index is 13.4. The Morgan fingerprint density at radius 2 is 1.83 bits per heavy atom. The summed E-state index contributed by atoms with van der Waals surface area (Å²) < 4.78 is 20.2. The zero-order valence-electron chi connectivity index (χ0n) is 16.0. The molecule has 0 aliphatic rings. The Kier molecular flexibility index (Phi) is 5.35. The van der Waals surface area contributed by atoms with E-state index in [0.717, 1.165) is 11.1 Å². The zero-order valence-corrected chi connectivity index (χ0v) is 16.0. The third kappa shape index (κ3) is 4.02. The molecule has 7 nitrogen and oxygen atoms in total. The molecule has 0 aliphatic heterocycles. The van der Waals surface area contributed by atoms with E-state index in [2.05, 4.69) is 20.4 Å². The monoisotopic (exact) mass is 392 g/mol. The summed E-state index contributed by atoms with van der Waals surface area (Å²) in [5.41, 5.74) is 9.32. The van der Waals surface area contributed by atoms with Crippen molar-refractivity contribution in [2.45, 2.75) is 6.54 Å². The lowest BCUT2D eigenvalue weighted by molar-refractivity contribution is 0.210. The third-order valence-electron chi connectivity index (χ3n) is 4.52. The number of hydrogen-bond acceptors (Lipinski definition) is 6. The maximum Gasteiger partial charge on any atom is 0.225 e. The number of methoxy groups -OCH3 is 1. The molecule has 148 valence electrons. The number of hydrogen-bond donors (Lipinski definition) is 2. The average Bonchev–Trinajstić information content (AvgIpc) is 3.04. The topological polar surface area (TPSA) is 90.9 Å². The molecule has 2 aromatic heterocycles. The Morgan fingerprint density at radius 3 is 2.55 bits per heavy atom. The molecule has 2 heterocycles. The molecule has 3 N–H and O–H groups in total. The molecule has 0 radical (unpaired) electrons. The Labute approximate surface area is 167 Å². The highest BCUT2D eigenvalue weighted by atomic mass is 19.1. The first kappa shape index (κ1) is 18.8. The maximum atomic E-state index is 13.4. The van der Waals surface area contributed by atoms with Gasteiger partial charge in [-0.15, -0.1) is 5.10 Å². The van der Waals surface area contributed by atoms with E-state index in [4.69, 9.17) is 10.5 Å². The van der Waals surface area contributed by atoms with Crippen LogP contribution in [0.25, 0.3) is 22.3 Å². The highest BCUT2D eigenvalue weighted by molar-refractivity contribution is 5.98. The van der Waals surface area contributed by atoms with Crippen molar-refractivity contribution in [2.75, 3.05) is 31.3 Å². The first-order valence-electron chi connectivity index (χ1n) is 9.22. The molecule has 2 aromatic carbocycles. The lowest BCUT2D eigenvalue weighted by Crippen LogP contribution is -2.10. The quantitative estimate of drug-likeness (QED) is 0.469. The van der Waals surface area contributed by atoms with Crippen molar-refractivity contribution in [2.24, 2.45) is 0 Å². The summed E-state index contributed by atoms with van der Waals surface area (Å²) in [6, 6.07) is 16.0. The van der Waals surface area contributed by atoms with Crippen LogP contribution in [0.5, 0.6) is 0 Å². The second kappa shape index (κ2) is 8.24. The van der Waals surface area contributed by atoms with Crippen LogP contribution >= 0.6 is 0 Å². The Bertz CT molecular complexity index is 1110. The summed E-state index contributed by atoms with van der Waals surface area (Å²) in [4.78, 5) is 9.13. The van der Waals surface area contributed by atoms with E-state index in [1.54, 1.807) is 23.9 Å². The van der Waals surface area contributed by atoms with Gasteiger partial charge in [-0.1, -0.05) is 30.3 Å². The predicted octanol–water partition coefficient (Wildman–Crippen LogP) is 3.32. The number of nitrogen functional groups attached to an aromatic ring is 1. The number of halogens is 1. The van der Waals surface area contributed by atoms with Gasteiger partial charge in [-0.2, -0.15) is 4.98 Å². The molecule has 29 heavy (non-hydrogen) atoms. The number of fused-ring (bicyclic) bond motifs is 1. The Hall–Kier alpha value is -3.52. The molecule has 0 spiro atoms. The summed E-state index contributed by atoms with van der Waals surface area (Å²) >= 11 is 0. The van der Waals surface area contributed by atoms with E-state index in [1.165, 1.54) is 12.1 Å². The lowest BCUT2D eigenvalue weighted by atomic mass is 10.1. The highest BCUT2D eigenvalue weighted by Gasteiger charge is 2.18. The van der Waals surface area contributed by atoms with Crippen molar-refractivity contribution in [3.05, 3.63) is 66.0 Å². The van der Waals surface area contributed by atoms with Gasteiger partial charge in [-0.25, -0.2) is 14.1 Å². The van der Waals surface area contributed by atoms with Crippen LogP contribution in [0.3, 0.4) is 0 Å². The number of nitrogens with one attached hydrogen (secondary N) is 1. The van der Waals surface area contributed by atoms with E-state index in [9.17, 15) is 4.39 Å². The normalized spacial score (nSPS) is 11.1. The van der Waals surface area contributed by atoms with Crippen molar-refractivity contribution in [1.29, 1.82) is 0 Å². The molecule has 0 fully saturated rings. The molecule has 0 bridgehead atoms. The van der Waals surface area contributed by atoms with E-state index >= 15 is 0 Å². The van der Waals surface area contributed by atoms with Crippen molar-refractivity contribution >= 4 is 22.8 Å². The molecule has 4 rings (SSSR count). The van der Waals surface area contributed by atoms with Crippen molar-refractivity contribution in [3.63, 3.8) is 0 Å². The summed E-state index contributed by atoms with van der Waals surface area (Å²) in [6.45, 7) is 1.57. The van der Waals surface area contributed by atoms with Gasteiger partial charge >= 0.3 is 0 Å². The molecule has 4 aromatic rings. The van der Waals surface area contributed by atoms with Gasteiger partial charge < -0.3 is 15.8 Å². The smallest absolute Gasteiger partial charge is 0.225 e. The van der Waals surface area contributed by atoms with E-state index in [-0.39, 0.29) is 5.82 Å². The molecular formula is C21H21FN6O. The van der Waals surface area contributed by atoms with Gasteiger partial charge in [-0.3, -0.25) is 0 Å². The first-order valence-corrected chi connectivity index (χ1v) is 9.22. The standard InChI is InChI=1S/C21H21FN6O/c1-29-12-11-24-21-25-18(15-7-9-16(22)10-8-15)17-19(23)28(27-20(17)26-21)13-14-5-3-2-4-6-14/h2-10H,11-13,23H2,1H3,(H,24,26,27). The van der Waals surface area contributed by atoms with Crippen molar-refractivity contribution < 1.29 is 9.13 Å². The van der Waals surface area contributed by atoms with Crippen LogP contribution in [-0.2, 0) is 11.3 Å². The van der Waals surface area contributed by atoms with Crippen LogP contribution < -0.4 is 11.1 Å². The predicted molar refractivity (Wildman–Crippen MR) is 111 cm³/mol. The van der Waals surface area contributed by atoms with Gasteiger partial charge in [0.25, 0.3) is 0 Å². The summed E-state index contributed by atoms with van der Waals surface area (Å²) in [5.74, 6) is 0.565. The Morgan fingerprint density at radius 1 is 1.07 bits per heavy atom. The van der Waals surface area contributed by atoms with Crippen molar-refractivity contribution in [1.82, 2.24) is 19.7 Å². The fourth-order valence-corrected chi connectivity index (χ4v) is 3.09. The largest absolute Gasteiger partial charge is 0.383 e. The van der Waals surface area contributed by atoms with Crippen molar-refractivity contribution in [3.8, 4) is 11.3 Å². The van der Waals surface area contributed by atoms with Crippen LogP contribution in [0.2, 0.25) is 0 Å². The van der Waals surface area contributed by atoms with Crippen LogP contribution in [0.1, 0.15) is 5.56 Å². The number of anilines is 2. The second-order valence-electron chi connectivity index (χ2n) is 6.55. The molecule has 0 saturated carbocycles. The molecule has 0 saturated heterocycles. The van der Waals surface area contributed by atoms with Gasteiger partial charge in [0.15, 0.2) is 5.65 Å². The average molecular weight is 392 g/mol. The SMILES string of the molecule is COCCNc1nc(-c2ccc(F)cc2)c2c(N)n(Cc3ccccc3)nc2n1. The molecule has 0 amide bonds. The van der Waals surface area contributed by atoms with Crippen LogP contribution in [0, 0.1) is 5.82 Å². The molecule has 0 atom stereocenters. The minimum Gasteiger partial charge on any atom is -0.383 e. The number of nitrogens with two attached hydrogens (primary N) is 1. The van der Waals surface area contributed by atoms with Gasteiger partial charge in [-0.05, 0) is 29.8 Å². The highest BCUT2D eigenvalue weighted by Crippen LogP contribution is 2.31. The zero-order chi connectivity index (χ0) is 20.2. The van der Waals surface area contributed by atoms with Crippen LogP contribution in [0.15, 0.2) is 54.6 Å². The van der Waals surface area contributed by atoms with Gasteiger partial charge in [0.1, 0.15) is 11.6 Å². The van der Waals surface area contributed by atoms with E-state index in [0.29, 0.717) is 48.2 Å². The number of ether oxygens (including phenoxy) is 1. The number of nitrogens with zero attached hydrogens (tertiary/aromatic N) is 4. The van der Waals surface area contributed by atoms with E-state index < -0.39 is 0 Å². The number of rotatable bonds is 7. The minimum atomic E-state index is -0.315. The van der Waals surface area contributed by atoms with E-state index in [1.807, 2.05) is 30.3 Å². The van der Waals surface area contributed by atoms with Gasteiger partial charge in [0.05, 0.1) is 24.2 Å². The third-order valence-corrected chi connectivity index (χ3v) is 4.52. The molecule has 8 heteroatoms. The first-order chi connectivity index (χ1) is 14.2. The second-order valence-corrected chi connectivity index (χ2v) is 6.55. The molecule has 0 unspecified atom stereocenters. The number of aromatic nitrogens is 4. The summed E-state index contributed by atoms with van der Waals surface area (Å²) in [5, 5.41) is 8.37.